The number of carbonyl (C=O) groups excluding carboxylic acids is 2. The van der Waals surface area contributed by atoms with Gasteiger partial charge in [-0.2, -0.15) is 0 Å². The summed E-state index contributed by atoms with van der Waals surface area (Å²) < 4.78 is 9.61. The van der Waals surface area contributed by atoms with Crippen molar-refractivity contribution in [2.75, 3.05) is 13.7 Å². The van der Waals surface area contributed by atoms with Crippen molar-refractivity contribution in [1.82, 2.24) is 5.32 Å². The number of methoxy groups -OCH3 is 1. The molecule has 0 aliphatic carbocycles. The summed E-state index contributed by atoms with van der Waals surface area (Å²) in [5, 5.41) is 11.8. The molecule has 0 saturated heterocycles. The number of ether oxygens (including phenoxy) is 2. The first-order valence-electron chi connectivity index (χ1n) is 5.85. The normalized spacial score (nSPS) is 14.6. The van der Waals surface area contributed by atoms with Crippen molar-refractivity contribution in [2.45, 2.75) is 19.3 Å². The number of hydrogen-bond acceptors (Lipinski definition) is 5. The summed E-state index contributed by atoms with van der Waals surface area (Å²) in [6.45, 7) is 0.888. The first-order valence-corrected chi connectivity index (χ1v) is 5.85. The molecule has 0 fully saturated rings. The van der Waals surface area contributed by atoms with Gasteiger partial charge in [-0.1, -0.05) is 6.07 Å². The topological polar surface area (TPSA) is 84.9 Å². The Hall–Kier alpha value is -1.92. The highest BCUT2D eigenvalue weighted by atomic mass is 16.5. The summed E-state index contributed by atoms with van der Waals surface area (Å²) in [6.07, 6.45) is -1.35. The number of amides is 1. The summed E-state index contributed by atoms with van der Waals surface area (Å²) in [7, 11) is 1.17. The molecular formula is C13H15NO5. The molecule has 1 aromatic rings. The van der Waals surface area contributed by atoms with Gasteiger partial charge >= 0.3 is 5.97 Å². The Bertz CT molecular complexity index is 500. The number of carbonyl (C=O) groups is 2. The lowest BCUT2D eigenvalue weighted by molar-refractivity contribution is -0.149. The number of benzene rings is 1. The minimum Gasteiger partial charge on any atom is -0.467 e. The van der Waals surface area contributed by atoms with Crippen LogP contribution in [0.2, 0.25) is 0 Å². The number of aliphatic hydroxyl groups is 1. The highest BCUT2D eigenvalue weighted by Crippen LogP contribution is 2.20. The molecule has 1 atom stereocenters. The Kier molecular flexibility index (Phi) is 4.13. The molecule has 6 nitrogen and oxygen atoms in total. The molecule has 1 aromatic carbocycles. The van der Waals surface area contributed by atoms with Gasteiger partial charge in [0.15, 0.2) is 6.10 Å². The fourth-order valence-electron chi connectivity index (χ4n) is 1.82. The molecule has 2 rings (SSSR count). The number of fused-ring (bicyclic) bond motifs is 1. The molecule has 19 heavy (non-hydrogen) atoms. The van der Waals surface area contributed by atoms with Crippen molar-refractivity contribution < 1.29 is 24.2 Å². The molecule has 102 valence electrons. The molecular weight excluding hydrogens is 250 g/mol. The average Bonchev–Trinajstić information content (AvgIpc) is 2.90. The van der Waals surface area contributed by atoms with Crippen LogP contribution >= 0.6 is 0 Å². The van der Waals surface area contributed by atoms with Crippen molar-refractivity contribution in [2.24, 2.45) is 0 Å². The number of nitrogens with one attached hydrogen (secondary N) is 1. The van der Waals surface area contributed by atoms with Gasteiger partial charge in [-0.25, -0.2) is 4.79 Å². The van der Waals surface area contributed by atoms with Crippen LogP contribution in [0.3, 0.4) is 0 Å². The standard InChI is InChI=1S/C13H15NO5/c1-18-13(17)11(15)5-14-12(16)8-2-3-9-6-19-7-10(9)4-8/h2-4,11,15H,5-7H2,1H3,(H,14,16). The number of rotatable bonds is 4. The summed E-state index contributed by atoms with van der Waals surface area (Å²) in [6, 6.07) is 5.28. The molecule has 2 N–H and O–H groups in total. The monoisotopic (exact) mass is 265 g/mol. The summed E-state index contributed by atoms with van der Waals surface area (Å²) in [4.78, 5) is 22.8. The van der Waals surface area contributed by atoms with Gasteiger partial charge in [0.1, 0.15) is 0 Å². The van der Waals surface area contributed by atoms with Gasteiger partial charge in [-0.15, -0.1) is 0 Å². The number of esters is 1. The van der Waals surface area contributed by atoms with E-state index in [2.05, 4.69) is 10.1 Å². The highest BCUT2D eigenvalue weighted by Gasteiger charge is 2.18. The average molecular weight is 265 g/mol. The van der Waals surface area contributed by atoms with Crippen LogP contribution in [0.15, 0.2) is 18.2 Å². The third-order valence-electron chi connectivity index (χ3n) is 2.91. The predicted octanol–water partition coefficient (Wildman–Crippen LogP) is -0.0195. The molecule has 1 aliphatic heterocycles. The third kappa shape index (κ3) is 3.10. The smallest absolute Gasteiger partial charge is 0.336 e. The zero-order chi connectivity index (χ0) is 13.8. The Labute approximate surface area is 110 Å². The quantitative estimate of drug-likeness (QED) is 0.747. The minimum atomic E-state index is -1.35. The summed E-state index contributed by atoms with van der Waals surface area (Å²) in [5.41, 5.74) is 2.54. The van der Waals surface area contributed by atoms with Gasteiger partial charge in [0, 0.05) is 5.56 Å². The van der Waals surface area contributed by atoms with Crippen molar-refractivity contribution in [3.63, 3.8) is 0 Å². The molecule has 0 radical (unpaired) electrons. The van der Waals surface area contributed by atoms with Gasteiger partial charge in [-0.05, 0) is 23.3 Å². The van der Waals surface area contributed by atoms with Crippen LogP contribution < -0.4 is 5.32 Å². The number of aliphatic hydroxyl groups excluding tert-OH is 1. The lowest BCUT2D eigenvalue weighted by Gasteiger charge is -2.10. The molecule has 0 spiro atoms. The van der Waals surface area contributed by atoms with Crippen molar-refractivity contribution in [3.05, 3.63) is 34.9 Å². The van der Waals surface area contributed by atoms with Crippen LogP contribution in [0.25, 0.3) is 0 Å². The van der Waals surface area contributed by atoms with Gasteiger partial charge in [-0.3, -0.25) is 4.79 Å². The maximum Gasteiger partial charge on any atom is 0.336 e. The van der Waals surface area contributed by atoms with Crippen LogP contribution in [-0.2, 0) is 27.5 Å². The van der Waals surface area contributed by atoms with E-state index < -0.39 is 12.1 Å². The van der Waals surface area contributed by atoms with Crippen molar-refractivity contribution >= 4 is 11.9 Å². The second kappa shape index (κ2) is 5.81. The Morgan fingerprint density at radius 2 is 2.16 bits per heavy atom. The van der Waals surface area contributed by atoms with Crippen molar-refractivity contribution in [3.8, 4) is 0 Å². The Morgan fingerprint density at radius 3 is 2.89 bits per heavy atom. The fraction of sp³-hybridized carbons (Fsp3) is 0.385. The maximum atomic E-state index is 11.8. The molecule has 0 saturated carbocycles. The molecule has 1 unspecified atom stereocenters. The van der Waals surface area contributed by atoms with Gasteiger partial charge in [0.05, 0.1) is 26.9 Å². The Morgan fingerprint density at radius 1 is 1.42 bits per heavy atom. The van der Waals surface area contributed by atoms with Crippen LogP contribution in [0.4, 0.5) is 0 Å². The van der Waals surface area contributed by atoms with Crippen LogP contribution in [0.1, 0.15) is 21.5 Å². The van der Waals surface area contributed by atoms with Gasteiger partial charge < -0.3 is 19.9 Å². The van der Waals surface area contributed by atoms with E-state index in [-0.39, 0.29) is 12.5 Å². The highest BCUT2D eigenvalue weighted by molar-refractivity contribution is 5.94. The zero-order valence-electron chi connectivity index (χ0n) is 10.5. The molecule has 0 aromatic heterocycles. The molecule has 6 heteroatoms. The Balaban J connectivity index is 1.95. The lowest BCUT2D eigenvalue weighted by Crippen LogP contribution is -2.37. The van der Waals surface area contributed by atoms with E-state index in [0.717, 1.165) is 11.1 Å². The molecule has 1 amide bonds. The molecule has 1 aliphatic rings. The van der Waals surface area contributed by atoms with Gasteiger partial charge in [0.2, 0.25) is 0 Å². The first-order chi connectivity index (χ1) is 9.11. The SMILES string of the molecule is COC(=O)C(O)CNC(=O)c1ccc2c(c1)COC2. The second-order valence-corrected chi connectivity index (χ2v) is 4.23. The second-order valence-electron chi connectivity index (χ2n) is 4.23. The lowest BCUT2D eigenvalue weighted by atomic mass is 10.1. The van der Waals surface area contributed by atoms with Crippen LogP contribution in [0, 0.1) is 0 Å². The zero-order valence-corrected chi connectivity index (χ0v) is 10.5. The summed E-state index contributed by atoms with van der Waals surface area (Å²) in [5.74, 6) is -1.12. The van der Waals surface area contributed by atoms with E-state index >= 15 is 0 Å². The van der Waals surface area contributed by atoms with E-state index in [9.17, 15) is 14.7 Å². The summed E-state index contributed by atoms with van der Waals surface area (Å²) >= 11 is 0. The van der Waals surface area contributed by atoms with Crippen LogP contribution in [-0.4, -0.2) is 36.7 Å². The van der Waals surface area contributed by atoms with Crippen molar-refractivity contribution in [1.29, 1.82) is 0 Å². The maximum absolute atomic E-state index is 11.8. The van der Waals surface area contributed by atoms with Crippen LogP contribution in [0.5, 0.6) is 0 Å². The molecule has 1 heterocycles. The first kappa shape index (κ1) is 13.5. The van der Waals surface area contributed by atoms with Gasteiger partial charge in [0.25, 0.3) is 5.91 Å². The minimum absolute atomic E-state index is 0.181. The predicted molar refractivity (Wildman–Crippen MR) is 65.3 cm³/mol. The van der Waals surface area contributed by atoms with E-state index in [1.54, 1.807) is 12.1 Å². The number of hydrogen-bond donors (Lipinski definition) is 2. The van der Waals surface area contributed by atoms with E-state index in [0.29, 0.717) is 18.8 Å². The fourth-order valence-corrected chi connectivity index (χ4v) is 1.82. The van der Waals surface area contributed by atoms with E-state index in [1.807, 2.05) is 6.07 Å². The largest absolute Gasteiger partial charge is 0.467 e. The molecule has 0 bridgehead atoms. The van der Waals surface area contributed by atoms with E-state index in [4.69, 9.17) is 4.74 Å². The third-order valence-corrected chi connectivity index (χ3v) is 2.91. The van der Waals surface area contributed by atoms with E-state index in [1.165, 1.54) is 7.11 Å².